The molecule has 0 aliphatic rings. The third-order valence-electron chi connectivity index (χ3n) is 3.43. The molecule has 2 N–H and O–H groups in total. The lowest BCUT2D eigenvalue weighted by molar-refractivity contribution is 0.0527. The highest BCUT2D eigenvalue weighted by atomic mass is 16.6. The Morgan fingerprint density at radius 2 is 1.77 bits per heavy atom. The summed E-state index contributed by atoms with van der Waals surface area (Å²) in [5.74, 6) is -0.236. The van der Waals surface area contributed by atoms with E-state index < -0.39 is 11.7 Å². The highest BCUT2D eigenvalue weighted by Crippen LogP contribution is 2.11. The van der Waals surface area contributed by atoms with E-state index in [2.05, 4.69) is 15.7 Å². The molecule has 0 fully saturated rings. The predicted octanol–water partition coefficient (Wildman–Crippen LogP) is 2.83. The third kappa shape index (κ3) is 5.91. The zero-order valence-corrected chi connectivity index (χ0v) is 15.7. The van der Waals surface area contributed by atoms with Crippen molar-refractivity contribution in [2.75, 3.05) is 13.1 Å². The Bertz CT molecular complexity index is 748. The van der Waals surface area contributed by atoms with Crippen molar-refractivity contribution in [3.8, 4) is 5.69 Å². The molecule has 26 heavy (non-hydrogen) atoms. The maximum absolute atomic E-state index is 12.2. The standard InChI is InChI=1S/C19H26N4O3/c1-14-13-16(22-23(14)15-9-6-5-7-10-15)17(24)20-11-8-12-21-18(25)26-19(2,3)4/h5-7,9-10,13H,8,11-12H2,1-4H3,(H,20,24)(H,21,25). The fourth-order valence-electron chi connectivity index (χ4n) is 2.30. The number of para-hydroxylation sites is 1. The van der Waals surface area contributed by atoms with E-state index >= 15 is 0 Å². The lowest BCUT2D eigenvalue weighted by Gasteiger charge is -2.19. The number of ether oxygens (including phenoxy) is 1. The van der Waals surface area contributed by atoms with Crippen LogP contribution in [0.1, 0.15) is 43.4 Å². The molecule has 0 bridgehead atoms. The zero-order valence-electron chi connectivity index (χ0n) is 15.7. The lowest BCUT2D eigenvalue weighted by atomic mass is 10.2. The van der Waals surface area contributed by atoms with Crippen LogP contribution in [0.4, 0.5) is 4.79 Å². The number of amides is 2. The Hall–Kier alpha value is -2.83. The number of nitrogens with zero attached hydrogens (tertiary/aromatic N) is 2. The fraction of sp³-hybridized carbons (Fsp3) is 0.421. The molecule has 7 nitrogen and oxygen atoms in total. The minimum Gasteiger partial charge on any atom is -0.444 e. The summed E-state index contributed by atoms with van der Waals surface area (Å²) >= 11 is 0. The van der Waals surface area contributed by atoms with Gasteiger partial charge in [0.05, 0.1) is 5.69 Å². The second-order valence-corrected chi connectivity index (χ2v) is 6.96. The Balaban J connectivity index is 1.78. The van der Waals surface area contributed by atoms with Crippen LogP contribution in [0.15, 0.2) is 36.4 Å². The molecule has 140 valence electrons. The monoisotopic (exact) mass is 358 g/mol. The smallest absolute Gasteiger partial charge is 0.407 e. The van der Waals surface area contributed by atoms with Crippen LogP contribution in [0, 0.1) is 6.92 Å². The molecule has 0 saturated carbocycles. The second-order valence-electron chi connectivity index (χ2n) is 6.96. The van der Waals surface area contributed by atoms with E-state index in [1.54, 1.807) is 10.7 Å². The average Bonchev–Trinajstić information content (AvgIpc) is 2.95. The number of carbonyl (C=O) groups is 2. The molecule has 0 unspecified atom stereocenters. The fourth-order valence-corrected chi connectivity index (χ4v) is 2.30. The van der Waals surface area contributed by atoms with Crippen LogP contribution in [0.2, 0.25) is 0 Å². The van der Waals surface area contributed by atoms with Gasteiger partial charge in [0.2, 0.25) is 0 Å². The van der Waals surface area contributed by atoms with E-state index in [0.29, 0.717) is 25.2 Å². The largest absolute Gasteiger partial charge is 0.444 e. The third-order valence-corrected chi connectivity index (χ3v) is 3.43. The van der Waals surface area contributed by atoms with Crippen LogP contribution in [0.3, 0.4) is 0 Å². The number of aryl methyl sites for hydroxylation is 1. The lowest BCUT2D eigenvalue weighted by Crippen LogP contribution is -2.34. The van der Waals surface area contributed by atoms with Crippen molar-refractivity contribution in [3.63, 3.8) is 0 Å². The normalized spacial score (nSPS) is 11.1. The van der Waals surface area contributed by atoms with Crippen molar-refractivity contribution in [1.29, 1.82) is 0 Å². The maximum atomic E-state index is 12.2. The summed E-state index contributed by atoms with van der Waals surface area (Å²) in [6, 6.07) is 11.4. The number of nitrogens with one attached hydrogen (secondary N) is 2. The van der Waals surface area contributed by atoms with Crippen molar-refractivity contribution in [2.24, 2.45) is 0 Å². The molecular formula is C19H26N4O3. The van der Waals surface area contributed by atoms with Gasteiger partial charge in [-0.3, -0.25) is 4.79 Å². The first-order valence-corrected chi connectivity index (χ1v) is 8.63. The van der Waals surface area contributed by atoms with E-state index in [9.17, 15) is 9.59 Å². The number of carbonyl (C=O) groups excluding carboxylic acids is 2. The summed E-state index contributed by atoms with van der Waals surface area (Å²) in [6.07, 6.45) is 0.143. The van der Waals surface area contributed by atoms with Crippen molar-refractivity contribution >= 4 is 12.0 Å². The van der Waals surface area contributed by atoms with Gasteiger partial charge in [0.25, 0.3) is 5.91 Å². The molecule has 1 aromatic carbocycles. The summed E-state index contributed by atoms with van der Waals surface area (Å²) in [5.41, 5.74) is 1.64. The second kappa shape index (κ2) is 8.51. The number of alkyl carbamates (subject to hydrolysis) is 1. The van der Waals surface area contributed by atoms with Gasteiger partial charge in [0, 0.05) is 18.8 Å². The van der Waals surface area contributed by atoms with Gasteiger partial charge in [-0.1, -0.05) is 18.2 Å². The van der Waals surface area contributed by atoms with Crippen LogP contribution < -0.4 is 10.6 Å². The number of aromatic nitrogens is 2. The van der Waals surface area contributed by atoms with Crippen molar-refractivity contribution < 1.29 is 14.3 Å². The van der Waals surface area contributed by atoms with Gasteiger partial charge in [-0.15, -0.1) is 0 Å². The highest BCUT2D eigenvalue weighted by molar-refractivity contribution is 5.92. The van der Waals surface area contributed by atoms with Gasteiger partial charge in [0.1, 0.15) is 5.60 Å². The van der Waals surface area contributed by atoms with Crippen molar-refractivity contribution in [3.05, 3.63) is 47.8 Å². The molecule has 0 saturated heterocycles. The highest BCUT2D eigenvalue weighted by Gasteiger charge is 2.16. The SMILES string of the molecule is Cc1cc(C(=O)NCCCNC(=O)OC(C)(C)C)nn1-c1ccccc1. The van der Waals surface area contributed by atoms with Crippen LogP contribution in [-0.2, 0) is 4.74 Å². The van der Waals surface area contributed by atoms with E-state index in [1.807, 2.05) is 58.0 Å². The quantitative estimate of drug-likeness (QED) is 0.778. The minimum absolute atomic E-state index is 0.236. The van der Waals surface area contributed by atoms with Gasteiger partial charge in [0.15, 0.2) is 5.69 Å². The van der Waals surface area contributed by atoms with Gasteiger partial charge in [-0.2, -0.15) is 5.10 Å². The summed E-state index contributed by atoms with van der Waals surface area (Å²) in [7, 11) is 0. The summed E-state index contributed by atoms with van der Waals surface area (Å²) in [6.45, 7) is 8.19. The predicted molar refractivity (Wildman–Crippen MR) is 99.5 cm³/mol. The van der Waals surface area contributed by atoms with Crippen LogP contribution in [-0.4, -0.2) is 40.5 Å². The average molecular weight is 358 g/mol. The van der Waals surface area contributed by atoms with E-state index in [1.165, 1.54) is 0 Å². The van der Waals surface area contributed by atoms with Crippen molar-refractivity contribution in [2.45, 2.75) is 39.7 Å². The Morgan fingerprint density at radius 1 is 1.12 bits per heavy atom. The molecule has 0 aliphatic heterocycles. The summed E-state index contributed by atoms with van der Waals surface area (Å²) in [5, 5.41) is 9.82. The Kier molecular flexibility index (Phi) is 6.38. The maximum Gasteiger partial charge on any atom is 0.407 e. The van der Waals surface area contributed by atoms with Gasteiger partial charge in [-0.25, -0.2) is 9.48 Å². The van der Waals surface area contributed by atoms with E-state index in [0.717, 1.165) is 11.4 Å². The first-order chi connectivity index (χ1) is 12.3. The van der Waals surface area contributed by atoms with Crippen LogP contribution in [0.25, 0.3) is 5.69 Å². The molecule has 2 aromatic rings. The van der Waals surface area contributed by atoms with E-state index in [-0.39, 0.29) is 5.91 Å². The number of hydrogen-bond donors (Lipinski definition) is 2. The molecule has 7 heteroatoms. The molecule has 0 atom stereocenters. The Labute approximate surface area is 153 Å². The first kappa shape index (κ1) is 19.5. The molecule has 0 radical (unpaired) electrons. The molecule has 0 spiro atoms. The van der Waals surface area contributed by atoms with Gasteiger partial charge in [-0.05, 0) is 52.3 Å². The van der Waals surface area contributed by atoms with E-state index in [4.69, 9.17) is 4.74 Å². The molecule has 0 aliphatic carbocycles. The number of rotatable bonds is 6. The topological polar surface area (TPSA) is 85.2 Å². The molecular weight excluding hydrogens is 332 g/mol. The first-order valence-electron chi connectivity index (χ1n) is 8.63. The van der Waals surface area contributed by atoms with Crippen molar-refractivity contribution in [1.82, 2.24) is 20.4 Å². The minimum atomic E-state index is -0.520. The van der Waals surface area contributed by atoms with Crippen LogP contribution >= 0.6 is 0 Å². The zero-order chi connectivity index (χ0) is 19.2. The summed E-state index contributed by atoms with van der Waals surface area (Å²) < 4.78 is 6.88. The molecule has 1 aromatic heterocycles. The Morgan fingerprint density at radius 3 is 2.42 bits per heavy atom. The molecule has 1 heterocycles. The van der Waals surface area contributed by atoms with Gasteiger partial charge >= 0.3 is 6.09 Å². The van der Waals surface area contributed by atoms with Crippen LogP contribution in [0.5, 0.6) is 0 Å². The number of benzene rings is 1. The molecule has 2 rings (SSSR count). The van der Waals surface area contributed by atoms with Gasteiger partial charge < -0.3 is 15.4 Å². The number of hydrogen-bond acceptors (Lipinski definition) is 4. The summed E-state index contributed by atoms with van der Waals surface area (Å²) in [4.78, 5) is 23.7. The molecule has 2 amide bonds.